The number of nitrogen functional groups attached to an aromatic ring is 1. The van der Waals surface area contributed by atoms with Crippen molar-refractivity contribution in [3.8, 4) is 11.5 Å². The second-order valence-corrected chi connectivity index (χ2v) is 4.84. The van der Waals surface area contributed by atoms with Crippen LogP contribution in [-0.4, -0.2) is 17.8 Å². The van der Waals surface area contributed by atoms with Crippen molar-refractivity contribution in [2.75, 3.05) is 18.9 Å². The summed E-state index contributed by atoms with van der Waals surface area (Å²) in [5.41, 5.74) is 7.28. The molecular formula is C17H20N2O3. The van der Waals surface area contributed by atoms with Crippen molar-refractivity contribution in [1.29, 1.82) is 0 Å². The Morgan fingerprint density at radius 3 is 2.86 bits per heavy atom. The lowest BCUT2D eigenvalue weighted by atomic mass is 10.2. The first-order valence-electron chi connectivity index (χ1n) is 7.04. The second-order valence-electron chi connectivity index (χ2n) is 4.84. The van der Waals surface area contributed by atoms with Crippen LogP contribution in [0.15, 0.2) is 54.0 Å². The maximum absolute atomic E-state index is 12.1. The van der Waals surface area contributed by atoms with Gasteiger partial charge in [-0.15, -0.1) is 0 Å². The minimum absolute atomic E-state index is 0.179. The Labute approximate surface area is 129 Å². The number of anilines is 1. The average Bonchev–Trinajstić information content (AvgIpc) is 2.51. The zero-order valence-corrected chi connectivity index (χ0v) is 12.6. The Morgan fingerprint density at radius 1 is 1.32 bits per heavy atom. The van der Waals surface area contributed by atoms with Crippen LogP contribution in [0.1, 0.15) is 5.56 Å². The van der Waals surface area contributed by atoms with E-state index in [-0.39, 0.29) is 5.56 Å². The zero-order chi connectivity index (χ0) is 15.9. The first kappa shape index (κ1) is 15.7. The van der Waals surface area contributed by atoms with Gasteiger partial charge in [0.25, 0.3) is 5.56 Å². The van der Waals surface area contributed by atoms with Gasteiger partial charge >= 0.3 is 0 Å². The number of aryl methyl sites for hydroxylation is 1. The maximum Gasteiger partial charge on any atom is 0.292 e. The first-order valence-corrected chi connectivity index (χ1v) is 7.04. The number of hydrogen-bond acceptors (Lipinski definition) is 4. The third kappa shape index (κ3) is 3.91. The molecule has 1 heterocycles. The molecule has 1 aromatic carbocycles. The van der Waals surface area contributed by atoms with Gasteiger partial charge in [-0.1, -0.05) is 12.7 Å². The minimum atomic E-state index is -0.179. The van der Waals surface area contributed by atoms with E-state index in [1.165, 1.54) is 0 Å². The van der Waals surface area contributed by atoms with E-state index >= 15 is 0 Å². The highest BCUT2D eigenvalue weighted by Crippen LogP contribution is 2.18. The number of nitrogens with two attached hydrogens (primary N) is 1. The summed E-state index contributed by atoms with van der Waals surface area (Å²) in [6.07, 6.45) is 3.31. The van der Waals surface area contributed by atoms with Crippen molar-refractivity contribution in [1.82, 2.24) is 4.57 Å². The highest BCUT2D eigenvalue weighted by molar-refractivity contribution is 5.49. The van der Waals surface area contributed by atoms with Crippen LogP contribution in [-0.2, 0) is 6.54 Å². The number of pyridine rings is 1. The van der Waals surface area contributed by atoms with Crippen LogP contribution in [0.3, 0.4) is 0 Å². The monoisotopic (exact) mass is 300 g/mol. The molecule has 22 heavy (non-hydrogen) atoms. The van der Waals surface area contributed by atoms with Gasteiger partial charge in [0.15, 0.2) is 5.75 Å². The van der Waals surface area contributed by atoms with E-state index in [2.05, 4.69) is 6.58 Å². The third-order valence-electron chi connectivity index (χ3n) is 3.18. The molecule has 5 nitrogen and oxygen atoms in total. The van der Waals surface area contributed by atoms with Crippen molar-refractivity contribution < 1.29 is 9.47 Å². The largest absolute Gasteiger partial charge is 0.492 e. The highest BCUT2D eigenvalue weighted by Gasteiger charge is 2.04. The predicted molar refractivity (Wildman–Crippen MR) is 87.5 cm³/mol. The Morgan fingerprint density at radius 2 is 2.14 bits per heavy atom. The zero-order valence-electron chi connectivity index (χ0n) is 12.6. The van der Waals surface area contributed by atoms with Gasteiger partial charge in [-0.3, -0.25) is 4.79 Å². The summed E-state index contributed by atoms with van der Waals surface area (Å²) in [6.45, 7) is 6.61. The molecule has 1 aromatic heterocycles. The molecule has 0 saturated carbocycles. The fraction of sp³-hybridized carbons (Fsp3) is 0.235. The fourth-order valence-electron chi connectivity index (χ4n) is 1.95. The van der Waals surface area contributed by atoms with Crippen LogP contribution >= 0.6 is 0 Å². The molecule has 2 aromatic rings. The van der Waals surface area contributed by atoms with E-state index in [9.17, 15) is 4.79 Å². The van der Waals surface area contributed by atoms with Gasteiger partial charge in [0.2, 0.25) is 0 Å². The Hall–Kier alpha value is -2.69. The van der Waals surface area contributed by atoms with Crippen LogP contribution in [0.2, 0.25) is 0 Å². The number of aromatic nitrogens is 1. The number of rotatable bonds is 7. The Bertz CT molecular complexity index is 707. The maximum atomic E-state index is 12.1. The summed E-state index contributed by atoms with van der Waals surface area (Å²) < 4.78 is 12.5. The molecule has 0 fully saturated rings. The average molecular weight is 300 g/mol. The van der Waals surface area contributed by atoms with E-state index in [0.29, 0.717) is 25.5 Å². The fourth-order valence-corrected chi connectivity index (χ4v) is 1.95. The number of benzene rings is 1. The molecule has 5 heteroatoms. The molecule has 0 bridgehead atoms. The lowest BCUT2D eigenvalue weighted by molar-refractivity contribution is 0.293. The second kappa shape index (κ2) is 7.36. The van der Waals surface area contributed by atoms with E-state index in [0.717, 1.165) is 17.0 Å². The van der Waals surface area contributed by atoms with E-state index in [4.69, 9.17) is 15.2 Å². The van der Waals surface area contributed by atoms with Crippen LogP contribution in [0.5, 0.6) is 11.5 Å². The highest BCUT2D eigenvalue weighted by atomic mass is 16.5. The van der Waals surface area contributed by atoms with Gasteiger partial charge in [0.1, 0.15) is 19.0 Å². The number of hydrogen-bond donors (Lipinski definition) is 1. The van der Waals surface area contributed by atoms with Gasteiger partial charge in [-0.05, 0) is 42.8 Å². The lowest BCUT2D eigenvalue weighted by Crippen LogP contribution is -2.24. The smallest absolute Gasteiger partial charge is 0.292 e. The van der Waals surface area contributed by atoms with Crippen molar-refractivity contribution in [3.05, 3.63) is 65.1 Å². The topological polar surface area (TPSA) is 66.5 Å². The summed E-state index contributed by atoms with van der Waals surface area (Å²) in [6, 6.07) is 8.91. The molecule has 0 saturated heterocycles. The molecule has 0 aliphatic carbocycles. The van der Waals surface area contributed by atoms with E-state index < -0.39 is 0 Å². The summed E-state index contributed by atoms with van der Waals surface area (Å²) in [7, 11) is 0. The SMILES string of the molecule is C=CCOc1cccn(CCOc2ccc(N)c(C)c2)c1=O. The summed E-state index contributed by atoms with van der Waals surface area (Å²) >= 11 is 0. The van der Waals surface area contributed by atoms with Crippen LogP contribution in [0, 0.1) is 6.92 Å². The van der Waals surface area contributed by atoms with Gasteiger partial charge < -0.3 is 19.8 Å². The molecule has 0 amide bonds. The van der Waals surface area contributed by atoms with Gasteiger partial charge in [-0.25, -0.2) is 0 Å². The molecule has 0 spiro atoms. The first-order chi connectivity index (χ1) is 10.6. The van der Waals surface area contributed by atoms with Crippen LogP contribution in [0.25, 0.3) is 0 Å². The molecule has 0 atom stereocenters. The van der Waals surface area contributed by atoms with Gasteiger partial charge in [0.05, 0.1) is 6.54 Å². The Balaban J connectivity index is 1.98. The Kier molecular flexibility index (Phi) is 5.25. The molecule has 2 rings (SSSR count). The quantitative estimate of drug-likeness (QED) is 0.630. The molecule has 116 valence electrons. The molecule has 0 aliphatic heterocycles. The van der Waals surface area contributed by atoms with Crippen LogP contribution < -0.4 is 20.8 Å². The third-order valence-corrected chi connectivity index (χ3v) is 3.18. The standard InChI is InChI=1S/C17H20N2O3/c1-3-10-22-16-5-4-8-19(17(16)20)9-11-21-14-6-7-15(18)13(2)12-14/h3-8,12H,1,9-11,18H2,2H3. The molecule has 0 unspecified atom stereocenters. The van der Waals surface area contributed by atoms with Gasteiger partial charge in [0, 0.05) is 11.9 Å². The van der Waals surface area contributed by atoms with Crippen molar-refractivity contribution in [2.45, 2.75) is 13.5 Å². The van der Waals surface area contributed by atoms with Crippen molar-refractivity contribution in [3.63, 3.8) is 0 Å². The number of ether oxygens (including phenoxy) is 2. The van der Waals surface area contributed by atoms with Crippen LogP contribution in [0.4, 0.5) is 5.69 Å². The minimum Gasteiger partial charge on any atom is -0.492 e. The van der Waals surface area contributed by atoms with E-state index in [1.54, 1.807) is 35.0 Å². The summed E-state index contributed by atoms with van der Waals surface area (Å²) in [5, 5.41) is 0. The molecule has 2 N–H and O–H groups in total. The lowest BCUT2D eigenvalue weighted by Gasteiger charge is -2.11. The van der Waals surface area contributed by atoms with Crippen molar-refractivity contribution in [2.24, 2.45) is 0 Å². The normalized spacial score (nSPS) is 10.2. The summed E-state index contributed by atoms with van der Waals surface area (Å²) in [4.78, 5) is 12.1. The number of nitrogens with zero attached hydrogens (tertiary/aromatic N) is 1. The van der Waals surface area contributed by atoms with E-state index in [1.807, 2.05) is 19.1 Å². The molecular weight excluding hydrogens is 280 g/mol. The molecule has 0 radical (unpaired) electrons. The van der Waals surface area contributed by atoms with Gasteiger partial charge in [-0.2, -0.15) is 0 Å². The van der Waals surface area contributed by atoms with Crippen molar-refractivity contribution >= 4 is 5.69 Å². The summed E-state index contributed by atoms with van der Waals surface area (Å²) in [5.74, 6) is 1.05. The molecule has 0 aliphatic rings. The predicted octanol–water partition coefficient (Wildman–Crippen LogP) is 2.38.